The normalized spacial score (nSPS) is 24.8. The zero-order valence-corrected chi connectivity index (χ0v) is 15.3. The van der Waals surface area contributed by atoms with Crippen LogP contribution in [0.4, 0.5) is 0 Å². The fourth-order valence-electron chi connectivity index (χ4n) is 2.61. The first kappa shape index (κ1) is 19.4. The quantitative estimate of drug-likeness (QED) is 0.379. The van der Waals surface area contributed by atoms with Gasteiger partial charge in [0.25, 0.3) is 5.91 Å². The lowest BCUT2D eigenvalue weighted by atomic mass is 10.1. The van der Waals surface area contributed by atoms with Crippen molar-refractivity contribution in [3.8, 4) is 0 Å². The number of hydrogen-bond donors (Lipinski definition) is 2. The summed E-state index contributed by atoms with van der Waals surface area (Å²) in [5.41, 5.74) is -2.20. The molecular formula is C15H14ClN3O7S. The van der Waals surface area contributed by atoms with Gasteiger partial charge in [-0.2, -0.15) is 5.06 Å². The highest BCUT2D eigenvalue weighted by atomic mass is 35.5. The fraction of sp³-hybridized carbons (Fsp3) is 0.400. The molecule has 0 spiro atoms. The zero-order chi connectivity index (χ0) is 19.6. The van der Waals surface area contributed by atoms with E-state index in [0.29, 0.717) is 10.2 Å². The molecule has 2 aliphatic rings. The number of amides is 2. The Bertz CT molecular complexity index is 807. The highest BCUT2D eigenvalue weighted by molar-refractivity contribution is 8.00. The molecule has 0 aliphatic carbocycles. The molecule has 27 heavy (non-hydrogen) atoms. The number of aromatic nitrogens is 1. The van der Waals surface area contributed by atoms with E-state index in [0.717, 1.165) is 4.90 Å². The Balaban J connectivity index is 1.59. The van der Waals surface area contributed by atoms with Gasteiger partial charge in [-0.05, 0) is 12.1 Å². The van der Waals surface area contributed by atoms with Crippen LogP contribution in [0, 0.1) is 0 Å². The molecule has 0 saturated carbocycles. The Kier molecular flexibility index (Phi) is 5.53. The Labute approximate surface area is 162 Å². The van der Waals surface area contributed by atoms with E-state index in [-0.39, 0.29) is 25.2 Å². The molecule has 1 aromatic rings. The number of thioether (sulfide) groups is 1. The minimum Gasteiger partial charge on any atom is -0.477 e. The van der Waals surface area contributed by atoms with Gasteiger partial charge < -0.3 is 15.2 Å². The zero-order valence-electron chi connectivity index (χ0n) is 13.7. The third-order valence-corrected chi connectivity index (χ3v) is 5.09. The van der Waals surface area contributed by atoms with Crippen molar-refractivity contribution in [3.05, 3.63) is 23.5 Å². The Morgan fingerprint density at radius 2 is 2.26 bits per heavy atom. The van der Waals surface area contributed by atoms with Gasteiger partial charge in [0.05, 0.1) is 12.2 Å². The minimum atomic E-state index is -2.20. The van der Waals surface area contributed by atoms with Crippen LogP contribution in [0.1, 0.15) is 12.8 Å². The predicted molar refractivity (Wildman–Crippen MR) is 90.4 cm³/mol. The van der Waals surface area contributed by atoms with Crippen molar-refractivity contribution >= 4 is 47.1 Å². The molecular weight excluding hydrogens is 402 g/mol. The summed E-state index contributed by atoms with van der Waals surface area (Å²) in [5, 5.41) is 12.7. The van der Waals surface area contributed by atoms with Crippen LogP contribution in [-0.4, -0.2) is 63.0 Å². The summed E-state index contributed by atoms with van der Waals surface area (Å²) in [4.78, 5) is 57.2. The molecule has 10 nitrogen and oxygen atoms in total. The van der Waals surface area contributed by atoms with Crippen LogP contribution < -0.4 is 5.32 Å². The van der Waals surface area contributed by atoms with E-state index < -0.39 is 35.5 Å². The van der Waals surface area contributed by atoms with Crippen LogP contribution >= 0.6 is 23.4 Å². The number of carbonyl (C=O) groups is 4. The van der Waals surface area contributed by atoms with E-state index >= 15 is 0 Å². The van der Waals surface area contributed by atoms with Gasteiger partial charge in [-0.25, -0.2) is 9.78 Å². The number of hydroxylamine groups is 2. The molecule has 2 saturated heterocycles. The van der Waals surface area contributed by atoms with Crippen molar-refractivity contribution in [3.63, 3.8) is 0 Å². The van der Waals surface area contributed by atoms with E-state index in [9.17, 15) is 24.3 Å². The molecule has 3 heterocycles. The van der Waals surface area contributed by atoms with Crippen LogP contribution in [-0.2, 0) is 28.8 Å². The molecule has 144 valence electrons. The lowest BCUT2D eigenvalue weighted by molar-refractivity contribution is -0.256. The Morgan fingerprint density at radius 1 is 1.48 bits per heavy atom. The van der Waals surface area contributed by atoms with Crippen molar-refractivity contribution in [1.82, 2.24) is 15.4 Å². The third kappa shape index (κ3) is 3.99. The number of halogens is 1. The van der Waals surface area contributed by atoms with Gasteiger partial charge in [0, 0.05) is 17.5 Å². The molecule has 2 N–H and O–H groups in total. The number of aliphatic carboxylic acids is 1. The number of ether oxygens (including phenoxy) is 1. The maximum Gasteiger partial charge on any atom is 0.372 e. The average Bonchev–Trinajstić information content (AvgIpc) is 3.18. The standard InChI is InChI=1S/C15H14ClN3O7S/c16-10-5-8(2-4-17-10)27-7-11(20)18-9-6-25-19(13(9)22)15(14(23)24)3-1-12(21)26-15/h2,4-5,9H,1,3,6-7H2,(H,18,20)(H,23,24)/t9-,15?/m0/s1. The molecule has 12 heteroatoms. The number of rotatable bonds is 6. The number of carbonyl (C=O) groups excluding carboxylic acids is 3. The summed E-state index contributed by atoms with van der Waals surface area (Å²) >= 11 is 6.96. The lowest BCUT2D eigenvalue weighted by Gasteiger charge is -2.30. The van der Waals surface area contributed by atoms with Gasteiger partial charge in [0.15, 0.2) is 0 Å². The first-order chi connectivity index (χ1) is 12.8. The number of cyclic esters (lactones) is 1. The van der Waals surface area contributed by atoms with Crippen LogP contribution in [0.2, 0.25) is 5.15 Å². The largest absolute Gasteiger partial charge is 0.477 e. The van der Waals surface area contributed by atoms with E-state index in [1.807, 2.05) is 0 Å². The molecule has 1 aromatic heterocycles. The van der Waals surface area contributed by atoms with E-state index in [4.69, 9.17) is 21.2 Å². The van der Waals surface area contributed by atoms with Gasteiger partial charge >= 0.3 is 17.7 Å². The number of nitrogens with one attached hydrogen (secondary N) is 1. The topological polar surface area (TPSA) is 135 Å². The van der Waals surface area contributed by atoms with Gasteiger partial charge in [-0.15, -0.1) is 11.8 Å². The molecule has 0 radical (unpaired) electrons. The fourth-order valence-corrected chi connectivity index (χ4v) is 3.58. The molecule has 3 rings (SSSR count). The van der Waals surface area contributed by atoms with Gasteiger partial charge in [0.1, 0.15) is 17.8 Å². The van der Waals surface area contributed by atoms with Gasteiger partial charge in [-0.3, -0.25) is 19.2 Å². The van der Waals surface area contributed by atoms with Crippen molar-refractivity contribution in [2.24, 2.45) is 0 Å². The SMILES string of the molecule is O=C(CSc1ccnc(Cl)c1)N[C@H]1CON(C2(C(=O)O)CCC(=O)O2)C1=O. The second-order valence-electron chi connectivity index (χ2n) is 5.72. The number of hydrogen-bond acceptors (Lipinski definition) is 8. The summed E-state index contributed by atoms with van der Waals surface area (Å²) in [5.74, 6) is -3.50. The van der Waals surface area contributed by atoms with Crippen molar-refractivity contribution < 1.29 is 33.9 Å². The van der Waals surface area contributed by atoms with Crippen LogP contribution in [0.5, 0.6) is 0 Å². The first-order valence-electron chi connectivity index (χ1n) is 7.78. The second kappa shape index (κ2) is 7.71. The van der Waals surface area contributed by atoms with Crippen molar-refractivity contribution in [1.29, 1.82) is 0 Å². The number of pyridine rings is 1. The number of nitrogens with zero attached hydrogens (tertiary/aromatic N) is 2. The number of carboxylic acid groups (broad SMARTS) is 1. The third-order valence-electron chi connectivity index (χ3n) is 3.88. The highest BCUT2D eigenvalue weighted by Gasteiger charge is 2.59. The molecule has 2 atom stereocenters. The Morgan fingerprint density at radius 3 is 2.89 bits per heavy atom. The summed E-state index contributed by atoms with van der Waals surface area (Å²) in [7, 11) is 0. The van der Waals surface area contributed by atoms with Crippen molar-refractivity contribution in [2.75, 3.05) is 12.4 Å². The van der Waals surface area contributed by atoms with E-state index in [1.165, 1.54) is 18.0 Å². The monoisotopic (exact) mass is 415 g/mol. The molecule has 0 bridgehead atoms. The van der Waals surface area contributed by atoms with Crippen LogP contribution in [0.15, 0.2) is 23.2 Å². The second-order valence-corrected chi connectivity index (χ2v) is 7.15. The van der Waals surface area contributed by atoms with Crippen LogP contribution in [0.25, 0.3) is 0 Å². The smallest absolute Gasteiger partial charge is 0.372 e. The molecule has 2 aliphatic heterocycles. The van der Waals surface area contributed by atoms with Crippen LogP contribution in [0.3, 0.4) is 0 Å². The first-order valence-corrected chi connectivity index (χ1v) is 9.14. The maximum atomic E-state index is 12.5. The molecule has 0 aromatic carbocycles. The number of carboxylic acids is 1. The summed E-state index contributed by atoms with van der Waals surface area (Å²) in [6, 6.07) is 2.20. The Hall–Kier alpha value is -2.37. The maximum absolute atomic E-state index is 12.5. The molecule has 1 unspecified atom stereocenters. The van der Waals surface area contributed by atoms with Gasteiger partial charge in [-0.1, -0.05) is 11.6 Å². The summed E-state index contributed by atoms with van der Waals surface area (Å²) in [6.07, 6.45) is 1.12. The van der Waals surface area contributed by atoms with Gasteiger partial charge in [0.2, 0.25) is 5.91 Å². The van der Waals surface area contributed by atoms with E-state index in [2.05, 4.69) is 10.3 Å². The molecule has 2 amide bonds. The van der Waals surface area contributed by atoms with Crippen molar-refractivity contribution in [2.45, 2.75) is 29.5 Å². The van der Waals surface area contributed by atoms with E-state index in [1.54, 1.807) is 12.1 Å². The summed E-state index contributed by atoms with van der Waals surface area (Å²) in [6.45, 7) is -0.261. The minimum absolute atomic E-state index is 0.00316. The summed E-state index contributed by atoms with van der Waals surface area (Å²) < 4.78 is 4.84. The average molecular weight is 416 g/mol. The lowest BCUT2D eigenvalue weighted by Crippen LogP contribution is -2.56. The predicted octanol–water partition coefficient (Wildman–Crippen LogP) is 0.204. The molecule has 2 fully saturated rings. The number of esters is 1. The highest BCUT2D eigenvalue weighted by Crippen LogP contribution is 2.34.